The van der Waals surface area contributed by atoms with Crippen LogP contribution in [0.15, 0.2) is 85.1 Å². The van der Waals surface area contributed by atoms with Crippen LogP contribution in [-0.4, -0.2) is 180 Å². The molecule has 0 unspecified atom stereocenters. The van der Waals surface area contributed by atoms with Gasteiger partial charge in [-0.2, -0.15) is 0 Å². The molecule has 19 heteroatoms. The zero-order valence-electron chi connectivity index (χ0n) is 41.4. The molecule has 4 aliphatic rings. The Hall–Kier alpha value is -3.48. The van der Waals surface area contributed by atoms with Crippen LogP contribution < -0.4 is 11.1 Å². The number of cyclic esters (lactones) is 1. The molecule has 0 radical (unpaired) electrons. The van der Waals surface area contributed by atoms with Gasteiger partial charge in [-0.3, -0.25) is 9.59 Å². The lowest BCUT2D eigenvalue weighted by Crippen LogP contribution is -2.62. The van der Waals surface area contributed by atoms with Crippen LogP contribution in [0.3, 0.4) is 0 Å². The molecule has 0 spiro atoms. The lowest BCUT2D eigenvalue weighted by Gasteiger charge is -2.46. The summed E-state index contributed by atoms with van der Waals surface area (Å²) in [6.45, 7) is 7.66. The number of carbonyl (C=O) groups is 2. The Morgan fingerprint density at radius 1 is 0.662 bits per heavy atom. The summed E-state index contributed by atoms with van der Waals surface area (Å²) in [6, 6.07) is -1.39. The molecule has 19 atom stereocenters. The van der Waals surface area contributed by atoms with Crippen LogP contribution in [-0.2, 0) is 33.3 Å². The summed E-state index contributed by atoms with van der Waals surface area (Å²) in [5.41, 5.74) is 6.12. The van der Waals surface area contributed by atoms with E-state index in [1.165, 1.54) is 0 Å². The lowest BCUT2D eigenvalue weighted by atomic mass is 9.82. The number of amides is 1. The van der Waals surface area contributed by atoms with Gasteiger partial charge in [0.2, 0.25) is 5.91 Å². The van der Waals surface area contributed by atoms with Crippen LogP contribution in [0.25, 0.3) is 0 Å². The summed E-state index contributed by atoms with van der Waals surface area (Å²) in [5, 5.41) is 113. The van der Waals surface area contributed by atoms with Gasteiger partial charge in [0.15, 0.2) is 12.1 Å². The zero-order valence-corrected chi connectivity index (χ0v) is 41.4. The van der Waals surface area contributed by atoms with Crippen molar-refractivity contribution in [2.24, 2.45) is 23.5 Å². The quantitative estimate of drug-likeness (QED) is 0.174. The van der Waals surface area contributed by atoms with Gasteiger partial charge in [-0.15, -0.1) is 0 Å². The molecule has 71 heavy (non-hydrogen) atoms. The number of hydrogen-bond donors (Lipinski definition) is 12. The largest absolute Gasteiger partial charge is 0.462 e. The Bertz CT molecular complexity index is 1820. The van der Waals surface area contributed by atoms with Crippen molar-refractivity contribution in [3.05, 3.63) is 85.1 Å². The van der Waals surface area contributed by atoms with Gasteiger partial charge in [0.25, 0.3) is 0 Å². The monoisotopic (exact) mass is 1010 g/mol. The van der Waals surface area contributed by atoms with E-state index in [1.807, 2.05) is 49.5 Å². The van der Waals surface area contributed by atoms with E-state index in [9.17, 15) is 60.7 Å². The third-order valence-electron chi connectivity index (χ3n) is 13.6. The van der Waals surface area contributed by atoms with Crippen LogP contribution >= 0.6 is 0 Å². The Morgan fingerprint density at radius 2 is 1.25 bits per heavy atom. The fraction of sp³-hybridized carbons (Fsp3) is 0.692. The van der Waals surface area contributed by atoms with E-state index in [-0.39, 0.29) is 37.6 Å². The predicted octanol–water partition coefficient (Wildman–Crippen LogP) is 0.922. The van der Waals surface area contributed by atoms with Crippen molar-refractivity contribution in [3.8, 4) is 0 Å². The first-order valence-electron chi connectivity index (χ1n) is 25.0. The van der Waals surface area contributed by atoms with Crippen molar-refractivity contribution in [3.63, 3.8) is 0 Å². The maximum absolute atomic E-state index is 14.0. The van der Waals surface area contributed by atoms with Crippen molar-refractivity contribution in [2.75, 3.05) is 13.2 Å². The molecule has 3 saturated heterocycles. The third kappa shape index (κ3) is 20.1. The minimum Gasteiger partial charge on any atom is -0.462 e. The average Bonchev–Trinajstić information content (AvgIpc) is 3.30. The van der Waals surface area contributed by atoms with E-state index in [1.54, 1.807) is 63.3 Å². The Labute approximate surface area is 417 Å². The van der Waals surface area contributed by atoms with Gasteiger partial charge in [-0.1, -0.05) is 98.9 Å². The first-order chi connectivity index (χ1) is 33.7. The van der Waals surface area contributed by atoms with Crippen LogP contribution in [0.5, 0.6) is 0 Å². The maximum atomic E-state index is 14.0. The number of esters is 1. The smallest absolute Gasteiger partial charge is 0.308 e. The molecule has 0 aliphatic carbocycles. The van der Waals surface area contributed by atoms with Gasteiger partial charge >= 0.3 is 5.97 Å². The van der Waals surface area contributed by atoms with E-state index in [2.05, 4.69) is 5.32 Å². The highest BCUT2D eigenvalue weighted by Gasteiger charge is 2.51. The normalized spacial score (nSPS) is 44.2. The number of rotatable bonds is 4. The summed E-state index contributed by atoms with van der Waals surface area (Å²) in [7, 11) is 0. The molecule has 0 saturated carbocycles. The molecule has 4 heterocycles. The molecule has 0 aromatic rings. The van der Waals surface area contributed by atoms with Crippen molar-refractivity contribution >= 4 is 11.9 Å². The van der Waals surface area contributed by atoms with Crippen molar-refractivity contribution < 1.29 is 84.3 Å². The predicted molar refractivity (Wildman–Crippen MR) is 261 cm³/mol. The van der Waals surface area contributed by atoms with Crippen molar-refractivity contribution in [1.29, 1.82) is 0 Å². The fourth-order valence-corrected chi connectivity index (χ4v) is 9.13. The molecule has 4 rings (SSSR count). The summed E-state index contributed by atoms with van der Waals surface area (Å²) >= 11 is 0. The number of carbonyl (C=O) groups excluding carboxylic acids is 2. The molecule has 1 amide bonds. The number of ether oxygens (including phenoxy) is 5. The highest BCUT2D eigenvalue weighted by molar-refractivity contribution is 5.80. The Balaban J connectivity index is 1.60. The minimum atomic E-state index is -2.27. The van der Waals surface area contributed by atoms with E-state index in [0.717, 1.165) is 0 Å². The van der Waals surface area contributed by atoms with Gasteiger partial charge < -0.3 is 85.8 Å². The molecule has 13 N–H and O–H groups in total. The number of nitrogens with two attached hydrogens (primary N) is 1. The van der Waals surface area contributed by atoms with Gasteiger partial charge in [0.05, 0.1) is 85.5 Å². The zero-order chi connectivity index (χ0) is 52.3. The summed E-state index contributed by atoms with van der Waals surface area (Å²) in [6.07, 6.45) is 5.97. The number of hydrogen-bond acceptors (Lipinski definition) is 18. The van der Waals surface area contributed by atoms with Crippen molar-refractivity contribution in [2.45, 2.75) is 195 Å². The van der Waals surface area contributed by atoms with Gasteiger partial charge in [0.1, 0.15) is 12.2 Å². The Kier molecular flexibility index (Phi) is 25.4. The summed E-state index contributed by atoms with van der Waals surface area (Å²) in [4.78, 5) is 26.7. The van der Waals surface area contributed by atoms with Gasteiger partial charge in [-0.25, -0.2) is 0 Å². The highest BCUT2D eigenvalue weighted by Crippen LogP contribution is 2.38. The molecule has 402 valence electrons. The van der Waals surface area contributed by atoms with E-state index in [4.69, 9.17) is 29.4 Å². The number of nitrogens with one attached hydrogen (secondary N) is 1. The minimum absolute atomic E-state index is 0.0925. The number of allylic oxidation sites excluding steroid dienone is 12. The van der Waals surface area contributed by atoms with Crippen LogP contribution in [0.4, 0.5) is 0 Å². The second kappa shape index (κ2) is 30.0. The van der Waals surface area contributed by atoms with Crippen LogP contribution in [0.1, 0.15) is 91.9 Å². The Morgan fingerprint density at radius 3 is 1.87 bits per heavy atom. The second-order valence-corrected chi connectivity index (χ2v) is 19.6. The molecular weight excluding hydrogens is 925 g/mol. The first kappa shape index (κ1) is 60.1. The number of aliphatic hydroxyl groups is 10. The van der Waals surface area contributed by atoms with Crippen LogP contribution in [0.2, 0.25) is 0 Å². The molecular formula is C52H82N2O17. The molecule has 4 aliphatic heterocycles. The summed E-state index contributed by atoms with van der Waals surface area (Å²) in [5.74, 6) is -5.54. The number of fused-ring (bicyclic) bond motifs is 2. The SMILES string of the molecule is C[C@@H]1[C@H](O)[C@@H](C)/C=C/C=C/C=C/C=C/C=C/C=C/C=C/[C@H](O[C@@H]2O[C@H](C)[C@@H](O)[C@H](N)[C@@H]2O)C[C@@H]2O[C@](O)(C[C@@H](O)C[C@@H](O)[C@H](O)CC[C@@H](O)C[C@@H](O)CC(=O)O[C@H]1C)C[C@H](O)[C@H]2C(=O)NC1CCOCC1. The maximum Gasteiger partial charge on any atom is 0.308 e. The van der Waals surface area contributed by atoms with E-state index >= 15 is 0 Å². The molecule has 0 aromatic carbocycles. The molecule has 2 bridgehead atoms. The van der Waals surface area contributed by atoms with Crippen LogP contribution in [0, 0.1) is 17.8 Å². The van der Waals surface area contributed by atoms with Gasteiger partial charge in [0, 0.05) is 56.8 Å². The topological polar surface area (TPSA) is 321 Å². The average molecular weight is 1010 g/mol. The molecule has 19 nitrogen and oxygen atoms in total. The molecule has 0 aromatic heterocycles. The fourth-order valence-electron chi connectivity index (χ4n) is 9.13. The standard InChI is InChI=1S/C52H82N2O17/c1-31-17-15-13-11-9-7-5-6-8-10-12-14-16-18-39(70-51-49(64)46(53)48(63)34(4)69-51)28-43-45(50(65)54-35-21-23-67-24-22-35)42(60)30-52(66,71-43)29-38(57)26-41(59)40(58)20-19-36(55)25-37(56)27-44(61)68-33(3)32(2)47(31)62/h5-18,31-43,45-49,51,55-60,62-64,66H,19-30,53H2,1-4H3,(H,54,65)/b6-5+,9-7+,10-8+,13-11+,14-12+,17-15+,18-16+/t31-,32-,33-,34+,36+,37+,38-,39-,40+,41+,42-,43-,45+,46-,47+,48+,49-,51-,52+/m0/s1. The van der Waals surface area contributed by atoms with Gasteiger partial charge in [-0.05, 0) is 46.0 Å². The lowest BCUT2D eigenvalue weighted by molar-refractivity contribution is -0.307. The van der Waals surface area contributed by atoms with E-state index < -0.39 is 147 Å². The highest BCUT2D eigenvalue weighted by atomic mass is 16.7. The van der Waals surface area contributed by atoms with Crippen molar-refractivity contribution in [1.82, 2.24) is 5.32 Å². The second-order valence-electron chi connectivity index (χ2n) is 19.6. The summed E-state index contributed by atoms with van der Waals surface area (Å²) < 4.78 is 29.3. The first-order valence-corrected chi connectivity index (χ1v) is 25.0. The molecule has 3 fully saturated rings. The number of aliphatic hydroxyl groups excluding tert-OH is 9. The van der Waals surface area contributed by atoms with E-state index in [0.29, 0.717) is 26.1 Å². The third-order valence-corrected chi connectivity index (χ3v) is 13.6.